The van der Waals surface area contributed by atoms with Crippen molar-refractivity contribution in [2.45, 2.75) is 44.9 Å². The van der Waals surface area contributed by atoms with E-state index in [-0.39, 0.29) is 0 Å². The molecule has 0 aliphatic heterocycles. The Balaban J connectivity index is 2.52. The molecule has 2 atom stereocenters. The Kier molecular flexibility index (Phi) is 3.20. The second kappa shape index (κ2) is 4.29. The van der Waals surface area contributed by atoms with Gasteiger partial charge in [0.1, 0.15) is 0 Å². The van der Waals surface area contributed by atoms with Gasteiger partial charge in [0.2, 0.25) is 0 Å². The highest BCUT2D eigenvalue weighted by Crippen LogP contribution is 2.40. The molecule has 0 heterocycles. The molecule has 0 fully saturated rings. The van der Waals surface area contributed by atoms with E-state index in [1.54, 1.807) is 11.1 Å². The van der Waals surface area contributed by atoms with Crippen LogP contribution in [0.1, 0.15) is 46.8 Å². The van der Waals surface area contributed by atoms with Crippen molar-refractivity contribution in [3.05, 3.63) is 34.4 Å². The van der Waals surface area contributed by atoms with Gasteiger partial charge in [-0.2, -0.15) is 0 Å². The summed E-state index contributed by atoms with van der Waals surface area (Å²) in [6.07, 6.45) is 3.86. The molecule has 0 aromatic heterocycles. The van der Waals surface area contributed by atoms with Gasteiger partial charge in [-0.05, 0) is 61.3 Å². The van der Waals surface area contributed by atoms with Gasteiger partial charge in [-0.3, -0.25) is 0 Å². The minimum absolute atomic E-state index is 0.560. The van der Waals surface area contributed by atoms with Crippen LogP contribution in [0.4, 0.5) is 0 Å². The number of alkyl halides is 1. The van der Waals surface area contributed by atoms with E-state index in [4.69, 9.17) is 0 Å². The van der Waals surface area contributed by atoms with Gasteiger partial charge in [0.25, 0.3) is 0 Å². The largest absolute Gasteiger partial charge is 0.0838 e. The van der Waals surface area contributed by atoms with Crippen molar-refractivity contribution in [3.8, 4) is 0 Å². The van der Waals surface area contributed by atoms with Crippen molar-refractivity contribution in [3.63, 3.8) is 0 Å². The molecule has 2 rings (SSSR count). The first-order valence-corrected chi connectivity index (χ1v) is 6.74. The minimum Gasteiger partial charge on any atom is -0.0838 e. The van der Waals surface area contributed by atoms with Crippen LogP contribution >= 0.6 is 15.9 Å². The lowest BCUT2D eigenvalue weighted by Gasteiger charge is -2.17. The fourth-order valence-corrected chi connectivity index (χ4v) is 3.91. The Hall–Kier alpha value is -0.300. The Morgan fingerprint density at radius 1 is 1.20 bits per heavy atom. The maximum Gasteiger partial charge on any atom is 0.0403 e. The number of rotatable bonds is 0. The molecule has 0 saturated heterocycles. The van der Waals surface area contributed by atoms with Gasteiger partial charge in [-0.25, -0.2) is 0 Å². The lowest BCUT2D eigenvalue weighted by atomic mass is 9.94. The summed E-state index contributed by atoms with van der Waals surface area (Å²) in [4.78, 5) is 0.560. The Labute approximate surface area is 101 Å². The minimum atomic E-state index is 0.560. The molecule has 0 bridgehead atoms. The van der Waals surface area contributed by atoms with Crippen LogP contribution in [0.15, 0.2) is 12.1 Å². The Morgan fingerprint density at radius 2 is 1.87 bits per heavy atom. The molecule has 15 heavy (non-hydrogen) atoms. The molecule has 2 unspecified atom stereocenters. The van der Waals surface area contributed by atoms with Gasteiger partial charge < -0.3 is 0 Å². The molecular weight excluding hydrogens is 248 g/mol. The third kappa shape index (κ3) is 2.13. The predicted molar refractivity (Wildman–Crippen MR) is 69.7 cm³/mol. The number of halogens is 1. The topological polar surface area (TPSA) is 0 Å². The summed E-state index contributed by atoms with van der Waals surface area (Å²) in [6.45, 7) is 6.85. The van der Waals surface area contributed by atoms with Crippen LogP contribution in [0.5, 0.6) is 0 Å². The van der Waals surface area contributed by atoms with E-state index in [0.717, 1.165) is 5.92 Å². The van der Waals surface area contributed by atoms with Gasteiger partial charge in [0.15, 0.2) is 0 Å². The Morgan fingerprint density at radius 3 is 2.60 bits per heavy atom. The molecule has 0 saturated carbocycles. The van der Waals surface area contributed by atoms with Gasteiger partial charge >= 0.3 is 0 Å². The van der Waals surface area contributed by atoms with Crippen molar-refractivity contribution in [2.75, 3.05) is 0 Å². The van der Waals surface area contributed by atoms with Gasteiger partial charge in [-0.15, -0.1) is 0 Å². The number of fused-ring (bicyclic) bond motifs is 1. The second-order valence-electron chi connectivity index (χ2n) is 4.94. The second-order valence-corrected chi connectivity index (χ2v) is 6.04. The zero-order chi connectivity index (χ0) is 11.0. The highest BCUT2D eigenvalue weighted by Gasteiger charge is 2.22. The first-order valence-electron chi connectivity index (χ1n) is 5.82. The van der Waals surface area contributed by atoms with Crippen molar-refractivity contribution in [1.82, 2.24) is 0 Å². The van der Waals surface area contributed by atoms with Crippen LogP contribution < -0.4 is 0 Å². The summed E-state index contributed by atoms with van der Waals surface area (Å²) in [5.74, 6) is 0.834. The molecule has 1 aliphatic carbocycles. The molecule has 1 aliphatic rings. The summed E-state index contributed by atoms with van der Waals surface area (Å²) in [5.41, 5.74) is 6.08. The number of hydrogen-bond donors (Lipinski definition) is 0. The summed E-state index contributed by atoms with van der Waals surface area (Å²) >= 11 is 3.86. The van der Waals surface area contributed by atoms with E-state index in [1.165, 1.54) is 30.4 Å². The molecule has 0 amide bonds. The summed E-state index contributed by atoms with van der Waals surface area (Å²) in [7, 11) is 0. The molecule has 1 heteroatoms. The normalized spacial score (nSPS) is 25.9. The number of benzene rings is 1. The Bertz CT molecular complexity index is 368. The molecule has 0 radical (unpaired) electrons. The monoisotopic (exact) mass is 266 g/mol. The number of aryl methyl sites for hydroxylation is 2. The van der Waals surface area contributed by atoms with Crippen LogP contribution in [-0.4, -0.2) is 0 Å². The molecule has 1 aromatic carbocycles. The van der Waals surface area contributed by atoms with Crippen LogP contribution in [0.25, 0.3) is 0 Å². The smallest absolute Gasteiger partial charge is 0.0403 e. The standard InChI is InChI=1S/C14H19Br/c1-9-4-7-12-10(2)5-6-11(3)14(12)13(15)8-9/h5-6,9,13H,4,7-8H2,1-3H3. The number of hydrogen-bond acceptors (Lipinski definition) is 0. The van der Waals surface area contributed by atoms with Crippen molar-refractivity contribution < 1.29 is 0 Å². The molecule has 1 aromatic rings. The van der Waals surface area contributed by atoms with Gasteiger partial charge in [-0.1, -0.05) is 35.0 Å². The van der Waals surface area contributed by atoms with Crippen LogP contribution in [0, 0.1) is 19.8 Å². The predicted octanol–water partition coefficient (Wildman–Crippen LogP) is 4.71. The zero-order valence-corrected chi connectivity index (χ0v) is 11.4. The third-order valence-electron chi connectivity index (χ3n) is 3.62. The van der Waals surface area contributed by atoms with Crippen molar-refractivity contribution >= 4 is 15.9 Å². The van der Waals surface area contributed by atoms with E-state index >= 15 is 0 Å². The summed E-state index contributed by atoms with van der Waals surface area (Å²) < 4.78 is 0. The summed E-state index contributed by atoms with van der Waals surface area (Å²) in [5, 5.41) is 0. The van der Waals surface area contributed by atoms with Crippen LogP contribution in [0.2, 0.25) is 0 Å². The van der Waals surface area contributed by atoms with E-state index in [2.05, 4.69) is 48.8 Å². The average Bonchev–Trinajstić information content (AvgIpc) is 2.32. The molecule has 0 N–H and O–H groups in total. The van der Waals surface area contributed by atoms with Crippen molar-refractivity contribution in [2.24, 2.45) is 5.92 Å². The molecular formula is C14H19Br. The maximum absolute atomic E-state index is 3.86. The molecule has 82 valence electrons. The lowest BCUT2D eigenvalue weighted by Crippen LogP contribution is -2.00. The quantitative estimate of drug-likeness (QED) is 0.471. The maximum atomic E-state index is 3.86. The summed E-state index contributed by atoms with van der Waals surface area (Å²) in [6, 6.07) is 4.53. The van der Waals surface area contributed by atoms with Crippen LogP contribution in [0.3, 0.4) is 0 Å². The highest BCUT2D eigenvalue weighted by atomic mass is 79.9. The molecule has 0 nitrogen and oxygen atoms in total. The molecule has 0 spiro atoms. The van der Waals surface area contributed by atoms with Crippen molar-refractivity contribution in [1.29, 1.82) is 0 Å². The first kappa shape index (κ1) is 11.2. The van der Waals surface area contributed by atoms with E-state index in [0.29, 0.717) is 4.83 Å². The van der Waals surface area contributed by atoms with Gasteiger partial charge in [0.05, 0.1) is 0 Å². The van der Waals surface area contributed by atoms with E-state index in [9.17, 15) is 0 Å². The first-order chi connectivity index (χ1) is 7.09. The fourth-order valence-electron chi connectivity index (χ4n) is 2.64. The SMILES string of the molecule is Cc1ccc(C)c2c1CCC(C)CC2Br. The zero-order valence-electron chi connectivity index (χ0n) is 9.81. The fraction of sp³-hybridized carbons (Fsp3) is 0.571. The van der Waals surface area contributed by atoms with E-state index < -0.39 is 0 Å². The highest BCUT2D eigenvalue weighted by molar-refractivity contribution is 9.09. The van der Waals surface area contributed by atoms with Crippen LogP contribution in [-0.2, 0) is 6.42 Å². The average molecular weight is 267 g/mol. The third-order valence-corrected chi connectivity index (χ3v) is 4.45. The lowest BCUT2D eigenvalue weighted by molar-refractivity contribution is 0.508. The van der Waals surface area contributed by atoms with Gasteiger partial charge in [0, 0.05) is 4.83 Å². The van der Waals surface area contributed by atoms with E-state index in [1.807, 2.05) is 0 Å².